The van der Waals surface area contributed by atoms with Crippen LogP contribution in [0.3, 0.4) is 0 Å². The maximum Gasteiger partial charge on any atom is 0.159 e. The van der Waals surface area contributed by atoms with Gasteiger partial charge in [-0.1, -0.05) is 28.9 Å². The van der Waals surface area contributed by atoms with Gasteiger partial charge in [0.05, 0.1) is 0 Å². The highest BCUT2D eigenvalue weighted by Crippen LogP contribution is 2.32. The molecule has 1 nitrogen and oxygen atoms in total. The zero-order valence-electron chi connectivity index (χ0n) is 12.4. The van der Waals surface area contributed by atoms with Crippen LogP contribution in [0.5, 0.6) is 0 Å². The number of rotatable bonds is 4. The Labute approximate surface area is 112 Å². The van der Waals surface area contributed by atoms with Crippen molar-refractivity contribution >= 4 is 5.78 Å². The van der Waals surface area contributed by atoms with Gasteiger partial charge in [-0.25, -0.2) is 0 Å². The van der Waals surface area contributed by atoms with E-state index in [9.17, 15) is 4.79 Å². The molecule has 0 N–H and O–H groups in total. The molecule has 100 valence electrons. The summed E-state index contributed by atoms with van der Waals surface area (Å²) >= 11 is 0. The summed E-state index contributed by atoms with van der Waals surface area (Å²) < 4.78 is 0. The van der Waals surface area contributed by atoms with Gasteiger partial charge in [0.1, 0.15) is 0 Å². The summed E-state index contributed by atoms with van der Waals surface area (Å²) in [5, 5.41) is 0. The Morgan fingerprint density at radius 1 is 1.11 bits per heavy atom. The van der Waals surface area contributed by atoms with Crippen molar-refractivity contribution in [1.29, 1.82) is 0 Å². The lowest BCUT2D eigenvalue weighted by Gasteiger charge is -2.26. The van der Waals surface area contributed by atoms with E-state index in [1.54, 1.807) is 0 Å². The molecule has 0 bridgehead atoms. The zero-order chi connectivity index (χ0) is 13.7. The maximum atomic E-state index is 12.0. The quantitative estimate of drug-likeness (QED) is 0.648. The van der Waals surface area contributed by atoms with Crippen molar-refractivity contribution in [3.8, 4) is 0 Å². The molecular weight excluding hydrogens is 220 g/mol. The molecule has 0 aliphatic heterocycles. The van der Waals surface area contributed by atoms with Gasteiger partial charge in [0.25, 0.3) is 0 Å². The fraction of sp³-hybridized carbons (Fsp3) is 0.588. The average molecular weight is 246 g/mol. The highest BCUT2D eigenvalue weighted by Gasteiger charge is 2.26. The highest BCUT2D eigenvalue weighted by atomic mass is 16.1. The number of hydrogen-bond acceptors (Lipinski definition) is 1. The van der Waals surface area contributed by atoms with E-state index in [1.807, 2.05) is 6.08 Å². The predicted molar refractivity (Wildman–Crippen MR) is 78.5 cm³/mol. The van der Waals surface area contributed by atoms with Crippen molar-refractivity contribution in [2.45, 2.75) is 53.9 Å². The van der Waals surface area contributed by atoms with Gasteiger partial charge in [-0.05, 0) is 65.9 Å². The Bertz CT molecular complexity index is 388. The molecule has 0 saturated carbocycles. The molecule has 0 aromatic rings. The summed E-state index contributed by atoms with van der Waals surface area (Å²) in [4.78, 5) is 12.0. The van der Waals surface area contributed by atoms with Crippen molar-refractivity contribution in [2.24, 2.45) is 11.8 Å². The van der Waals surface area contributed by atoms with Crippen LogP contribution >= 0.6 is 0 Å². The Balaban J connectivity index is 2.72. The summed E-state index contributed by atoms with van der Waals surface area (Å²) in [6.45, 7) is 10.5. The van der Waals surface area contributed by atoms with Crippen LogP contribution in [-0.2, 0) is 4.79 Å². The van der Waals surface area contributed by atoms with Crippen molar-refractivity contribution in [3.63, 3.8) is 0 Å². The van der Waals surface area contributed by atoms with Crippen molar-refractivity contribution in [1.82, 2.24) is 0 Å². The molecule has 0 aromatic carbocycles. The van der Waals surface area contributed by atoms with E-state index < -0.39 is 0 Å². The van der Waals surface area contributed by atoms with Crippen LogP contribution in [0.25, 0.3) is 0 Å². The first-order valence-electron chi connectivity index (χ1n) is 6.89. The van der Waals surface area contributed by atoms with Crippen molar-refractivity contribution in [2.75, 3.05) is 0 Å². The third-order valence-electron chi connectivity index (χ3n) is 3.61. The molecule has 2 atom stereocenters. The minimum atomic E-state index is 0.194. The van der Waals surface area contributed by atoms with E-state index >= 15 is 0 Å². The van der Waals surface area contributed by atoms with Crippen LogP contribution in [0.15, 0.2) is 34.9 Å². The first kappa shape index (κ1) is 14.9. The van der Waals surface area contributed by atoms with E-state index in [0.717, 1.165) is 19.3 Å². The van der Waals surface area contributed by atoms with Crippen LogP contribution in [0.1, 0.15) is 53.9 Å². The molecule has 0 spiro atoms. The monoisotopic (exact) mass is 246 g/mol. The third kappa shape index (κ3) is 4.64. The first-order valence-corrected chi connectivity index (χ1v) is 6.89. The minimum Gasteiger partial charge on any atom is -0.295 e. The maximum absolute atomic E-state index is 12.0. The largest absolute Gasteiger partial charge is 0.295 e. The van der Waals surface area contributed by atoms with Crippen LogP contribution in [0.2, 0.25) is 0 Å². The lowest BCUT2D eigenvalue weighted by atomic mass is 9.77. The van der Waals surface area contributed by atoms with Crippen LogP contribution in [0, 0.1) is 11.8 Å². The van der Waals surface area contributed by atoms with E-state index in [4.69, 9.17) is 0 Å². The van der Waals surface area contributed by atoms with E-state index in [-0.39, 0.29) is 5.92 Å². The molecule has 0 amide bonds. The number of hydrogen-bond donors (Lipinski definition) is 0. The molecule has 1 rings (SSSR count). The SMILES string of the molecule is CC(C)=CC[C@@H]1C[C@@H](CC=C(C)C)C(C)=CC1=O. The number of carbonyl (C=O) groups excluding carboxylic acids is 1. The molecule has 1 heteroatoms. The lowest BCUT2D eigenvalue weighted by Crippen LogP contribution is -2.22. The van der Waals surface area contributed by atoms with Crippen molar-refractivity contribution in [3.05, 3.63) is 34.9 Å². The Morgan fingerprint density at radius 3 is 2.11 bits per heavy atom. The summed E-state index contributed by atoms with van der Waals surface area (Å²) in [6.07, 6.45) is 9.33. The van der Waals surface area contributed by atoms with Crippen molar-refractivity contribution < 1.29 is 4.79 Å². The van der Waals surface area contributed by atoms with Crippen LogP contribution in [0.4, 0.5) is 0 Å². The summed E-state index contributed by atoms with van der Waals surface area (Å²) in [5.74, 6) is 1.06. The molecule has 18 heavy (non-hydrogen) atoms. The van der Waals surface area contributed by atoms with Gasteiger partial charge in [0.2, 0.25) is 0 Å². The topological polar surface area (TPSA) is 17.1 Å². The minimum absolute atomic E-state index is 0.194. The van der Waals surface area contributed by atoms with E-state index in [0.29, 0.717) is 11.7 Å². The molecular formula is C17H26O. The number of carbonyl (C=O) groups is 1. The molecule has 0 saturated heterocycles. The summed E-state index contributed by atoms with van der Waals surface area (Å²) in [7, 11) is 0. The standard InChI is InChI=1S/C17H26O/c1-12(2)6-8-15-11-16(9-7-13(3)4)17(18)10-14(15)5/h6-7,10,15-16H,8-9,11H2,1-5H3/t15-,16-/m1/s1. The summed E-state index contributed by atoms with van der Waals surface area (Å²) in [5.41, 5.74) is 3.92. The van der Waals surface area contributed by atoms with Gasteiger partial charge in [-0.15, -0.1) is 0 Å². The number of ketones is 1. The molecule has 0 fully saturated rings. The Kier molecular flexibility index (Phi) is 5.58. The second-order valence-corrected chi connectivity index (χ2v) is 5.95. The van der Waals surface area contributed by atoms with Gasteiger partial charge in [0, 0.05) is 5.92 Å². The lowest BCUT2D eigenvalue weighted by molar-refractivity contribution is -0.119. The zero-order valence-corrected chi connectivity index (χ0v) is 12.4. The predicted octanol–water partition coefficient (Wildman–Crippen LogP) is 4.85. The van der Waals surface area contributed by atoms with Crippen LogP contribution in [-0.4, -0.2) is 5.78 Å². The van der Waals surface area contributed by atoms with Gasteiger partial charge in [0.15, 0.2) is 5.78 Å². The van der Waals surface area contributed by atoms with Gasteiger partial charge < -0.3 is 0 Å². The number of allylic oxidation sites excluding steroid dienone is 6. The fourth-order valence-corrected chi connectivity index (χ4v) is 2.36. The third-order valence-corrected chi connectivity index (χ3v) is 3.61. The van der Waals surface area contributed by atoms with E-state index in [2.05, 4.69) is 46.8 Å². The normalized spacial score (nSPS) is 23.4. The van der Waals surface area contributed by atoms with Gasteiger partial charge in [-0.3, -0.25) is 4.79 Å². The van der Waals surface area contributed by atoms with Gasteiger partial charge in [-0.2, -0.15) is 0 Å². The fourth-order valence-electron chi connectivity index (χ4n) is 2.36. The second kappa shape index (κ2) is 6.72. The van der Waals surface area contributed by atoms with Gasteiger partial charge >= 0.3 is 0 Å². The van der Waals surface area contributed by atoms with Crippen LogP contribution < -0.4 is 0 Å². The molecule has 0 aromatic heterocycles. The molecule has 1 aliphatic carbocycles. The smallest absolute Gasteiger partial charge is 0.159 e. The molecule has 0 radical (unpaired) electrons. The Morgan fingerprint density at radius 2 is 1.61 bits per heavy atom. The summed E-state index contributed by atoms with van der Waals surface area (Å²) in [6, 6.07) is 0. The second-order valence-electron chi connectivity index (χ2n) is 5.95. The Hall–Kier alpha value is -1.11. The first-order chi connectivity index (χ1) is 8.40. The molecule has 0 heterocycles. The average Bonchev–Trinajstić information content (AvgIpc) is 2.26. The highest BCUT2D eigenvalue weighted by molar-refractivity contribution is 5.93. The molecule has 1 aliphatic rings. The van der Waals surface area contributed by atoms with E-state index in [1.165, 1.54) is 16.7 Å². The molecule has 0 unspecified atom stereocenters.